The van der Waals surface area contributed by atoms with Crippen molar-refractivity contribution in [1.29, 1.82) is 0 Å². The van der Waals surface area contributed by atoms with E-state index in [1.165, 1.54) is 0 Å². The van der Waals surface area contributed by atoms with Crippen LogP contribution in [0.4, 0.5) is 0 Å². The molecule has 0 amide bonds. The smallest absolute Gasteiger partial charge is 0.187 e. The second-order valence-corrected chi connectivity index (χ2v) is 31.3. The standard InChI is InChI=1S/C66H112O32/c1-26(9-13-40(63(4,5)86)96-60-55(97-41-18-27(71)17-28(20-67)89-41)50(81)45(76)35(93-60)24-87-57-52(83)47(78)42(73)32(21-68)90-57)29-15-16-64(6)37-12-10-30-31(66(37,8)38(72)19-65(29,64)7)11-14-39(62(30,2)3)95-61-56(98-59-54(85)49(80)44(75)34(23-70)92-59)51(82)46(77)36(94-61)25-88-58-53(84)48(79)43(74)33(22-69)91-58/h10,26-29,31-61,67-86H,9,11-25H2,1-8H3/t26?,27-,28-,29?,31+,32+,33+,34+,35+,36+,37-,38-,39-,40+,41-,42+,43+,44+,45+,46+,47-,48-,49-,50-,51-,52+,53+,54+,55+,56+,57+,58+,59-,60-,61-,64-,65+,66-/m0/s1. The first-order valence-corrected chi connectivity index (χ1v) is 34.9. The van der Waals surface area contributed by atoms with Gasteiger partial charge in [-0.3, -0.25) is 0 Å². The predicted molar refractivity (Wildman–Crippen MR) is 330 cm³/mol. The van der Waals surface area contributed by atoms with E-state index in [1.807, 2.05) is 13.8 Å². The van der Waals surface area contributed by atoms with Gasteiger partial charge in [0.1, 0.15) is 122 Å². The van der Waals surface area contributed by atoms with Crippen LogP contribution in [0.5, 0.6) is 0 Å². The minimum atomic E-state index is -1.93. The molecule has 0 radical (unpaired) electrons. The van der Waals surface area contributed by atoms with E-state index in [1.54, 1.807) is 13.8 Å². The highest BCUT2D eigenvalue weighted by Gasteiger charge is 2.71. The molecule has 0 spiro atoms. The molecule has 32 nitrogen and oxygen atoms in total. The molecule has 10 aliphatic rings. The number of rotatable bonds is 23. The van der Waals surface area contributed by atoms with Gasteiger partial charge in [0.15, 0.2) is 37.7 Å². The van der Waals surface area contributed by atoms with E-state index in [-0.39, 0.29) is 48.3 Å². The maximum absolute atomic E-state index is 13.0. The quantitative estimate of drug-likeness (QED) is 0.0424. The van der Waals surface area contributed by atoms with Crippen molar-refractivity contribution in [2.45, 2.75) is 316 Å². The molecular weight excluding hydrogens is 1300 g/mol. The van der Waals surface area contributed by atoms with Crippen molar-refractivity contribution in [2.24, 2.45) is 45.3 Å². The number of aliphatic hydroxyl groups is 20. The highest BCUT2D eigenvalue weighted by Crippen LogP contribution is 2.75. The van der Waals surface area contributed by atoms with Crippen LogP contribution in [0.3, 0.4) is 0 Å². The molecule has 20 N–H and O–H groups in total. The van der Waals surface area contributed by atoms with Crippen molar-refractivity contribution in [1.82, 2.24) is 0 Å². The summed E-state index contributed by atoms with van der Waals surface area (Å²) in [5, 5.41) is 217. The van der Waals surface area contributed by atoms with Gasteiger partial charge in [0.25, 0.3) is 0 Å². The summed E-state index contributed by atoms with van der Waals surface area (Å²) < 4.78 is 72.7. The van der Waals surface area contributed by atoms with Gasteiger partial charge in [-0.05, 0) is 99.7 Å². The summed E-state index contributed by atoms with van der Waals surface area (Å²) in [6.07, 6.45) is -40.8. The lowest BCUT2D eigenvalue weighted by atomic mass is 9.38. The molecule has 0 bridgehead atoms. The Labute approximate surface area is 569 Å². The summed E-state index contributed by atoms with van der Waals surface area (Å²) in [6.45, 7) is 12.1. The fraction of sp³-hybridized carbons (Fsp3) is 0.970. The molecule has 10 rings (SSSR count). The lowest BCUT2D eigenvalue weighted by molar-refractivity contribution is -0.379. The number of ether oxygens (including phenoxy) is 12. The van der Waals surface area contributed by atoms with E-state index in [0.717, 1.165) is 18.4 Å². The van der Waals surface area contributed by atoms with Crippen LogP contribution in [0.15, 0.2) is 11.6 Å². The third kappa shape index (κ3) is 14.9. The van der Waals surface area contributed by atoms with Gasteiger partial charge in [0.2, 0.25) is 0 Å². The normalized spacial score (nSPS) is 51.3. The molecule has 6 saturated heterocycles. The number of fused-ring (bicyclic) bond motifs is 5. The highest BCUT2D eigenvalue weighted by molar-refractivity contribution is 5.32. The summed E-state index contributed by atoms with van der Waals surface area (Å²) in [6, 6.07) is 0. The molecular formula is C66H112O32. The van der Waals surface area contributed by atoms with Crippen LogP contribution in [-0.4, -0.2) is 338 Å². The maximum atomic E-state index is 13.0. The largest absolute Gasteiger partial charge is 0.394 e. The molecule has 38 atom stereocenters. The Balaban J connectivity index is 0.846. The zero-order chi connectivity index (χ0) is 71.8. The molecule has 0 aromatic carbocycles. The van der Waals surface area contributed by atoms with Crippen LogP contribution in [0.25, 0.3) is 0 Å². The third-order valence-electron chi connectivity index (χ3n) is 24.7. The van der Waals surface area contributed by atoms with Gasteiger partial charge < -0.3 is 159 Å². The Morgan fingerprint density at radius 1 is 0.510 bits per heavy atom. The van der Waals surface area contributed by atoms with Gasteiger partial charge in [0, 0.05) is 23.7 Å². The lowest BCUT2D eigenvalue weighted by Gasteiger charge is -2.67. The Morgan fingerprint density at radius 3 is 1.52 bits per heavy atom. The van der Waals surface area contributed by atoms with Crippen molar-refractivity contribution in [3.63, 3.8) is 0 Å². The zero-order valence-corrected chi connectivity index (χ0v) is 56.9. The second-order valence-electron chi connectivity index (χ2n) is 31.3. The number of hydrogen-bond acceptors (Lipinski definition) is 32. The number of hydrogen-bond donors (Lipinski definition) is 20. The Morgan fingerprint density at radius 2 is 1.00 bits per heavy atom. The molecule has 9 fully saturated rings. The SMILES string of the molecule is CC(CC[C@@H](O[C@@H]1O[C@H](CO[C@@H]2O[C@H](CO)[C@@H](O)[C@H](O)[C@H]2O)[C@@H](O)[C@H](O)[C@H]1O[C@H]1C[C@@H](O)C[C@@H](CO)O1)C(C)(C)O)C1CC[C@@]2(C)[C@@H]3CC=C4[C@@H](CC[C@H](O[C@@H]5O[C@H](CO[C@@H]6O[C@H](CO)[C@@H](O)[C@H](O)[C@H]6O)[C@@H](O)[C@H](O)[C@H]5O[C@@H]5O[C@H](CO)[C@@H](O)[C@H](O)[C@H]5O)C4(C)C)[C@]3(C)[C@@H](O)C[C@]12C. The molecule has 98 heavy (non-hydrogen) atoms. The van der Waals surface area contributed by atoms with Crippen molar-refractivity contribution in [2.75, 3.05) is 39.6 Å². The van der Waals surface area contributed by atoms with Crippen LogP contribution in [0, 0.1) is 45.3 Å². The summed E-state index contributed by atoms with van der Waals surface area (Å²) >= 11 is 0. The van der Waals surface area contributed by atoms with E-state index < -0.39 is 252 Å². The highest BCUT2D eigenvalue weighted by atomic mass is 16.8. The summed E-state index contributed by atoms with van der Waals surface area (Å²) in [4.78, 5) is 0. The van der Waals surface area contributed by atoms with Gasteiger partial charge in [-0.25, -0.2) is 0 Å². The average Bonchev–Trinajstić information content (AvgIpc) is 1.30. The fourth-order valence-corrected chi connectivity index (χ4v) is 18.5. The third-order valence-corrected chi connectivity index (χ3v) is 24.7. The number of allylic oxidation sites excluding steroid dienone is 1. The topological polar surface area (TPSA) is 515 Å². The Bertz CT molecular complexity index is 2600. The molecule has 32 heteroatoms. The van der Waals surface area contributed by atoms with Crippen LogP contribution < -0.4 is 0 Å². The molecule has 6 heterocycles. The summed E-state index contributed by atoms with van der Waals surface area (Å²) in [5.41, 5.74) is -2.76. The minimum Gasteiger partial charge on any atom is -0.394 e. The van der Waals surface area contributed by atoms with E-state index in [4.69, 9.17) is 56.8 Å². The van der Waals surface area contributed by atoms with E-state index in [2.05, 4.69) is 33.8 Å². The Hall–Kier alpha value is -1.54. The molecule has 0 aromatic rings. The second kappa shape index (κ2) is 31.1. The Kier molecular flexibility index (Phi) is 25.1. The van der Waals surface area contributed by atoms with Crippen LogP contribution in [0.2, 0.25) is 0 Å². The first-order chi connectivity index (χ1) is 46.0. The average molecular weight is 1420 g/mol. The minimum absolute atomic E-state index is 0.0174. The maximum Gasteiger partial charge on any atom is 0.187 e. The monoisotopic (exact) mass is 1420 g/mol. The van der Waals surface area contributed by atoms with Gasteiger partial charge >= 0.3 is 0 Å². The molecule has 4 aliphatic carbocycles. The van der Waals surface area contributed by atoms with Gasteiger partial charge in [-0.1, -0.05) is 53.2 Å². The van der Waals surface area contributed by atoms with Crippen molar-refractivity contribution < 1.29 is 159 Å². The molecule has 2 unspecified atom stereocenters. The van der Waals surface area contributed by atoms with Crippen LogP contribution >= 0.6 is 0 Å². The molecule has 0 aromatic heterocycles. The molecule has 568 valence electrons. The van der Waals surface area contributed by atoms with Crippen molar-refractivity contribution in [3.05, 3.63) is 11.6 Å². The van der Waals surface area contributed by atoms with E-state index >= 15 is 0 Å². The van der Waals surface area contributed by atoms with E-state index in [9.17, 15) is 102 Å². The van der Waals surface area contributed by atoms with Crippen molar-refractivity contribution >= 4 is 0 Å². The zero-order valence-electron chi connectivity index (χ0n) is 56.9. The van der Waals surface area contributed by atoms with Crippen molar-refractivity contribution in [3.8, 4) is 0 Å². The predicted octanol–water partition coefficient (Wildman–Crippen LogP) is -5.53. The summed E-state index contributed by atoms with van der Waals surface area (Å²) in [7, 11) is 0. The first kappa shape index (κ1) is 79.0. The number of aliphatic hydroxyl groups excluding tert-OH is 19. The first-order valence-electron chi connectivity index (χ1n) is 34.9. The molecule has 6 aliphatic heterocycles. The van der Waals surface area contributed by atoms with Crippen LogP contribution in [-0.2, 0) is 56.8 Å². The van der Waals surface area contributed by atoms with E-state index in [0.29, 0.717) is 32.1 Å². The fourth-order valence-electron chi connectivity index (χ4n) is 18.5. The van der Waals surface area contributed by atoms with Crippen LogP contribution in [0.1, 0.15) is 120 Å². The van der Waals surface area contributed by atoms with Gasteiger partial charge in [0.05, 0.1) is 75.8 Å². The van der Waals surface area contributed by atoms with Gasteiger partial charge in [-0.2, -0.15) is 0 Å². The summed E-state index contributed by atoms with van der Waals surface area (Å²) in [5.74, 6) is -0.142. The molecule has 3 saturated carbocycles. The van der Waals surface area contributed by atoms with Gasteiger partial charge in [-0.15, -0.1) is 0 Å². The lowest BCUT2D eigenvalue weighted by Crippen LogP contribution is -2.66.